The van der Waals surface area contributed by atoms with E-state index in [-0.39, 0.29) is 23.7 Å². The van der Waals surface area contributed by atoms with Crippen LogP contribution in [0.15, 0.2) is 36.4 Å². The van der Waals surface area contributed by atoms with Crippen molar-refractivity contribution >= 4 is 11.8 Å². The lowest BCUT2D eigenvalue weighted by atomic mass is 9.82. The summed E-state index contributed by atoms with van der Waals surface area (Å²) in [4.78, 5) is 38.0. The minimum Gasteiger partial charge on any atom is -0.489 e. The fraction of sp³-hybridized carbons (Fsp3) is 0.667. The summed E-state index contributed by atoms with van der Waals surface area (Å²) in [6, 6.07) is 8.63. The molecule has 5 rings (SSSR count). The topological polar surface area (TPSA) is 59.6 Å². The number of rotatable bonds is 3. The Bertz CT molecular complexity index is 984. The van der Waals surface area contributed by atoms with E-state index in [0.717, 1.165) is 82.9 Å². The van der Waals surface area contributed by atoms with Crippen molar-refractivity contribution in [3.05, 3.63) is 42.0 Å². The number of hydrogen-bond donors (Lipinski definition) is 0. The van der Waals surface area contributed by atoms with Gasteiger partial charge in [-0.05, 0) is 64.3 Å². The molecular formula is C30H45N5O3. The summed E-state index contributed by atoms with van der Waals surface area (Å²) in [5.41, 5.74) is 1.14. The summed E-state index contributed by atoms with van der Waals surface area (Å²) in [5, 5.41) is 0. The second-order valence-electron chi connectivity index (χ2n) is 11.7. The molecule has 1 aromatic carbocycles. The number of benzene rings is 1. The van der Waals surface area contributed by atoms with Crippen LogP contribution in [0.25, 0.3) is 0 Å². The molecule has 0 aromatic heterocycles. The normalized spacial score (nSPS) is 27.2. The van der Waals surface area contributed by atoms with E-state index in [1.807, 2.05) is 17.0 Å². The van der Waals surface area contributed by atoms with Crippen LogP contribution in [0.5, 0.6) is 5.75 Å². The highest BCUT2D eigenvalue weighted by Crippen LogP contribution is 2.30. The van der Waals surface area contributed by atoms with E-state index in [1.165, 1.54) is 0 Å². The molecule has 2 amide bonds. The number of carbonyl (C=O) groups excluding carboxylic acids is 2. The number of carbonyl (C=O) groups is 2. The lowest BCUT2D eigenvalue weighted by Crippen LogP contribution is -2.51. The van der Waals surface area contributed by atoms with Crippen molar-refractivity contribution in [2.45, 2.75) is 38.3 Å². The highest BCUT2D eigenvalue weighted by Gasteiger charge is 2.34. The largest absolute Gasteiger partial charge is 0.489 e. The van der Waals surface area contributed by atoms with Gasteiger partial charge in [-0.2, -0.15) is 0 Å². The summed E-state index contributed by atoms with van der Waals surface area (Å²) in [6.45, 7) is 8.70. The monoisotopic (exact) mass is 523 g/mol. The molecule has 4 heterocycles. The van der Waals surface area contributed by atoms with E-state index < -0.39 is 0 Å². The Morgan fingerprint density at radius 2 is 1.66 bits per heavy atom. The molecule has 2 atom stereocenters. The van der Waals surface area contributed by atoms with Crippen molar-refractivity contribution in [2.75, 3.05) is 79.6 Å². The van der Waals surface area contributed by atoms with Gasteiger partial charge in [-0.15, -0.1) is 0 Å². The van der Waals surface area contributed by atoms with E-state index in [4.69, 9.17) is 4.74 Å². The first kappa shape index (κ1) is 27.2. The number of piperidine rings is 2. The fourth-order valence-electron chi connectivity index (χ4n) is 6.45. The smallest absolute Gasteiger partial charge is 0.236 e. The molecule has 8 heteroatoms. The van der Waals surface area contributed by atoms with Crippen LogP contribution >= 0.6 is 0 Å². The first-order valence-electron chi connectivity index (χ1n) is 14.5. The molecule has 4 aliphatic heterocycles. The number of hydrogen-bond acceptors (Lipinski definition) is 6. The molecule has 38 heavy (non-hydrogen) atoms. The molecule has 0 aliphatic carbocycles. The molecule has 0 N–H and O–H groups in total. The molecule has 208 valence electrons. The van der Waals surface area contributed by atoms with Crippen molar-refractivity contribution in [2.24, 2.45) is 11.8 Å². The average molecular weight is 524 g/mol. The Morgan fingerprint density at radius 1 is 0.921 bits per heavy atom. The minimum atomic E-state index is 0.167. The summed E-state index contributed by atoms with van der Waals surface area (Å²) < 4.78 is 6.24. The SMILES string of the molecule is CN1CCC(N2CC(=O)N3CC[C@@H](CC(=O)N4CCN(C)CC4)[C@@H](C=CCOc4ccccc4C2)C3)CC1. The Kier molecular flexibility index (Phi) is 9.02. The number of para-hydroxylation sites is 1. The van der Waals surface area contributed by atoms with Crippen LogP contribution in [0.3, 0.4) is 0 Å². The molecule has 3 fully saturated rings. The van der Waals surface area contributed by atoms with Gasteiger partial charge < -0.3 is 24.3 Å². The van der Waals surface area contributed by atoms with Gasteiger partial charge in [0.05, 0.1) is 6.54 Å². The second kappa shape index (κ2) is 12.6. The van der Waals surface area contributed by atoms with Crippen LogP contribution in [0.4, 0.5) is 0 Å². The highest BCUT2D eigenvalue weighted by molar-refractivity contribution is 5.79. The number of amides is 2. The Morgan fingerprint density at radius 3 is 2.45 bits per heavy atom. The maximum Gasteiger partial charge on any atom is 0.236 e. The standard InChI is InChI=1S/C30H45N5O3/c1-31-12-10-27(11-13-31)35-22-26-6-3-4-8-28(26)38-19-5-7-25-21-34(30(37)23-35)14-9-24(25)20-29(36)33-17-15-32(2)16-18-33/h3-8,24-25,27H,9-23H2,1-2H3/t24-,25-/m0/s1. The Labute approximate surface area is 228 Å². The number of ether oxygens (including phenoxy) is 1. The number of likely N-dealkylation sites (tertiary alicyclic amines) is 1. The summed E-state index contributed by atoms with van der Waals surface area (Å²) >= 11 is 0. The third-order valence-corrected chi connectivity index (χ3v) is 9.06. The zero-order valence-electron chi connectivity index (χ0n) is 23.3. The van der Waals surface area contributed by atoms with Gasteiger partial charge in [0.1, 0.15) is 12.4 Å². The number of nitrogens with zero attached hydrogens (tertiary/aromatic N) is 5. The predicted octanol–water partition coefficient (Wildman–Crippen LogP) is 2.16. The molecule has 3 saturated heterocycles. The summed E-state index contributed by atoms with van der Waals surface area (Å²) in [7, 11) is 4.29. The molecule has 8 nitrogen and oxygen atoms in total. The van der Waals surface area contributed by atoms with Gasteiger partial charge in [-0.1, -0.05) is 30.4 Å². The lowest BCUT2D eigenvalue weighted by molar-refractivity contribution is -0.137. The van der Waals surface area contributed by atoms with Gasteiger partial charge in [-0.25, -0.2) is 0 Å². The van der Waals surface area contributed by atoms with Crippen LogP contribution in [0.2, 0.25) is 0 Å². The number of fused-ring (bicyclic) bond motifs is 3. The lowest BCUT2D eigenvalue weighted by Gasteiger charge is -2.41. The average Bonchev–Trinajstić information content (AvgIpc) is 2.93. The van der Waals surface area contributed by atoms with Crippen LogP contribution in [0.1, 0.15) is 31.2 Å². The van der Waals surface area contributed by atoms with Crippen molar-refractivity contribution in [1.29, 1.82) is 0 Å². The van der Waals surface area contributed by atoms with Gasteiger partial charge >= 0.3 is 0 Å². The first-order valence-corrected chi connectivity index (χ1v) is 14.5. The van der Waals surface area contributed by atoms with E-state index in [2.05, 4.69) is 58.0 Å². The molecule has 1 aromatic rings. The third-order valence-electron chi connectivity index (χ3n) is 9.06. The Balaban J connectivity index is 1.32. The maximum absolute atomic E-state index is 13.7. The van der Waals surface area contributed by atoms with Gasteiger partial charge in [0.2, 0.25) is 11.8 Å². The Hall–Kier alpha value is -2.42. The van der Waals surface area contributed by atoms with Crippen LogP contribution in [-0.2, 0) is 16.1 Å². The van der Waals surface area contributed by atoms with Crippen molar-refractivity contribution in [1.82, 2.24) is 24.5 Å². The molecule has 0 spiro atoms. The number of piperazine rings is 1. The van der Waals surface area contributed by atoms with Crippen molar-refractivity contribution in [3.8, 4) is 5.75 Å². The van der Waals surface area contributed by atoms with Gasteiger partial charge in [0, 0.05) is 63.8 Å². The van der Waals surface area contributed by atoms with Gasteiger partial charge in [-0.3, -0.25) is 14.5 Å². The van der Waals surface area contributed by atoms with Crippen molar-refractivity contribution in [3.63, 3.8) is 0 Å². The molecule has 0 radical (unpaired) electrons. The molecular weight excluding hydrogens is 478 g/mol. The van der Waals surface area contributed by atoms with E-state index >= 15 is 0 Å². The zero-order chi connectivity index (χ0) is 26.5. The van der Waals surface area contributed by atoms with Gasteiger partial charge in [0.15, 0.2) is 0 Å². The molecule has 0 unspecified atom stereocenters. The number of likely N-dealkylation sites (N-methyl/N-ethyl adjacent to an activating group) is 1. The van der Waals surface area contributed by atoms with E-state index in [1.54, 1.807) is 0 Å². The van der Waals surface area contributed by atoms with Crippen LogP contribution in [0, 0.1) is 11.8 Å². The predicted molar refractivity (Wildman–Crippen MR) is 149 cm³/mol. The maximum atomic E-state index is 13.7. The third kappa shape index (κ3) is 6.77. The summed E-state index contributed by atoms with van der Waals surface area (Å²) in [5.74, 6) is 1.79. The molecule has 0 saturated carbocycles. The zero-order valence-corrected chi connectivity index (χ0v) is 23.3. The van der Waals surface area contributed by atoms with E-state index in [9.17, 15) is 9.59 Å². The van der Waals surface area contributed by atoms with Crippen molar-refractivity contribution < 1.29 is 14.3 Å². The highest BCUT2D eigenvalue weighted by atomic mass is 16.5. The second-order valence-corrected chi connectivity index (χ2v) is 11.7. The van der Waals surface area contributed by atoms with Crippen LogP contribution < -0.4 is 4.74 Å². The minimum absolute atomic E-state index is 0.167. The van der Waals surface area contributed by atoms with Gasteiger partial charge in [0.25, 0.3) is 0 Å². The first-order chi connectivity index (χ1) is 18.5. The summed E-state index contributed by atoms with van der Waals surface area (Å²) in [6.07, 6.45) is 7.88. The molecule has 4 aliphatic rings. The van der Waals surface area contributed by atoms with Crippen LogP contribution in [-0.4, -0.2) is 122 Å². The molecule has 2 bridgehead atoms. The fourth-order valence-corrected chi connectivity index (χ4v) is 6.45. The van der Waals surface area contributed by atoms with E-state index in [0.29, 0.717) is 32.2 Å². The quantitative estimate of drug-likeness (QED) is 0.566.